The van der Waals surface area contributed by atoms with Gasteiger partial charge in [-0.3, -0.25) is 4.79 Å². The van der Waals surface area contributed by atoms with Crippen LogP contribution in [0.1, 0.15) is 72.6 Å². The molecule has 1 saturated heterocycles. The molecule has 1 aromatic carbocycles. The monoisotopic (exact) mass is 343 g/mol. The summed E-state index contributed by atoms with van der Waals surface area (Å²) in [6.07, 6.45) is 0. The molecule has 136 valence electrons. The lowest BCUT2D eigenvalue weighted by atomic mass is 9.77. The van der Waals surface area contributed by atoms with Crippen molar-refractivity contribution in [2.24, 2.45) is 5.41 Å². The Kier molecular flexibility index (Phi) is 4.12. The summed E-state index contributed by atoms with van der Waals surface area (Å²) in [5, 5.41) is 0. The van der Waals surface area contributed by atoms with Gasteiger partial charge >= 0.3 is 7.12 Å². The van der Waals surface area contributed by atoms with Crippen LogP contribution >= 0.6 is 0 Å². The van der Waals surface area contributed by atoms with E-state index in [2.05, 4.69) is 52.8 Å². The van der Waals surface area contributed by atoms with Crippen molar-refractivity contribution >= 4 is 18.5 Å². The van der Waals surface area contributed by atoms with Gasteiger partial charge in [-0.1, -0.05) is 39.0 Å². The van der Waals surface area contributed by atoms with Gasteiger partial charge in [-0.25, -0.2) is 0 Å². The number of rotatable bonds is 1. The summed E-state index contributed by atoms with van der Waals surface area (Å²) < 4.78 is 12.3. The van der Waals surface area contributed by atoms with Crippen molar-refractivity contribution < 1.29 is 14.1 Å². The molecule has 25 heavy (non-hydrogen) atoms. The highest BCUT2D eigenvalue weighted by Gasteiger charge is 2.52. The third-order valence-corrected chi connectivity index (χ3v) is 5.85. The zero-order valence-corrected chi connectivity index (χ0v) is 16.8. The van der Waals surface area contributed by atoms with E-state index in [4.69, 9.17) is 9.31 Å². The molecule has 1 aromatic rings. The first-order chi connectivity index (χ1) is 11.3. The van der Waals surface area contributed by atoms with E-state index in [1.807, 2.05) is 25.7 Å². The maximum absolute atomic E-state index is 12.7. The van der Waals surface area contributed by atoms with Gasteiger partial charge in [-0.15, -0.1) is 0 Å². The Balaban J connectivity index is 1.86. The lowest BCUT2D eigenvalue weighted by molar-refractivity contribution is -0.141. The van der Waals surface area contributed by atoms with Crippen molar-refractivity contribution in [2.75, 3.05) is 0 Å². The number of hydrogen-bond donors (Lipinski definition) is 0. The highest BCUT2D eigenvalue weighted by Crippen LogP contribution is 2.38. The van der Waals surface area contributed by atoms with Gasteiger partial charge in [0.05, 0.1) is 17.2 Å². The smallest absolute Gasteiger partial charge is 0.399 e. The molecular formula is C20H30BNO3. The van der Waals surface area contributed by atoms with Crippen molar-refractivity contribution in [3.05, 3.63) is 29.3 Å². The van der Waals surface area contributed by atoms with E-state index < -0.39 is 0 Å². The second-order valence-corrected chi connectivity index (χ2v) is 9.41. The molecule has 0 N–H and O–H groups in total. The average molecular weight is 343 g/mol. The first-order valence-corrected chi connectivity index (χ1v) is 9.13. The van der Waals surface area contributed by atoms with E-state index in [0.29, 0.717) is 6.54 Å². The average Bonchev–Trinajstić information content (AvgIpc) is 2.91. The minimum absolute atomic E-state index is 0.106. The molecule has 0 bridgehead atoms. The largest absolute Gasteiger partial charge is 0.494 e. The van der Waals surface area contributed by atoms with E-state index in [-0.39, 0.29) is 35.7 Å². The molecule has 4 nitrogen and oxygen atoms in total. The SMILES string of the molecule is CC1c2ccc(B3OC(C)(C)C(C)(C)O3)cc2CN1C(=O)C(C)(C)C. The predicted molar refractivity (Wildman–Crippen MR) is 101 cm³/mol. The van der Waals surface area contributed by atoms with Crippen LogP contribution < -0.4 is 5.46 Å². The Morgan fingerprint density at radius 2 is 1.72 bits per heavy atom. The van der Waals surface area contributed by atoms with Gasteiger partial charge in [0.15, 0.2) is 0 Å². The van der Waals surface area contributed by atoms with Crippen LogP contribution in [0.4, 0.5) is 0 Å². The molecule has 0 aliphatic carbocycles. The van der Waals surface area contributed by atoms with Gasteiger partial charge in [0.2, 0.25) is 5.91 Å². The molecule has 1 atom stereocenters. The predicted octanol–water partition coefficient (Wildman–Crippen LogP) is 3.44. The Hall–Kier alpha value is -1.33. The molecule has 0 aromatic heterocycles. The normalized spacial score (nSPS) is 24.6. The molecule has 0 saturated carbocycles. The van der Waals surface area contributed by atoms with Crippen molar-refractivity contribution in [1.82, 2.24) is 4.90 Å². The fraction of sp³-hybridized carbons (Fsp3) is 0.650. The number of carbonyl (C=O) groups excluding carboxylic acids is 1. The fourth-order valence-corrected chi connectivity index (χ4v) is 3.46. The highest BCUT2D eigenvalue weighted by atomic mass is 16.7. The summed E-state index contributed by atoms with van der Waals surface area (Å²) in [5.74, 6) is 0.188. The van der Waals surface area contributed by atoms with Crippen LogP contribution in [0, 0.1) is 5.41 Å². The Morgan fingerprint density at radius 1 is 1.16 bits per heavy atom. The molecule has 2 aliphatic heterocycles. The van der Waals surface area contributed by atoms with Crippen molar-refractivity contribution in [2.45, 2.75) is 79.2 Å². The topological polar surface area (TPSA) is 38.8 Å². The van der Waals surface area contributed by atoms with Gasteiger partial charge in [-0.05, 0) is 51.2 Å². The van der Waals surface area contributed by atoms with Gasteiger partial charge in [0, 0.05) is 12.0 Å². The van der Waals surface area contributed by atoms with Crippen molar-refractivity contribution in [3.8, 4) is 0 Å². The molecule has 0 radical (unpaired) electrons. The second kappa shape index (κ2) is 5.58. The molecule has 3 rings (SSSR count). The molecule has 2 heterocycles. The van der Waals surface area contributed by atoms with Crippen molar-refractivity contribution in [3.63, 3.8) is 0 Å². The van der Waals surface area contributed by atoms with Crippen LogP contribution in [0.5, 0.6) is 0 Å². The zero-order valence-electron chi connectivity index (χ0n) is 16.8. The van der Waals surface area contributed by atoms with Crippen LogP contribution in [-0.2, 0) is 20.6 Å². The number of fused-ring (bicyclic) bond motifs is 1. The van der Waals surface area contributed by atoms with E-state index >= 15 is 0 Å². The maximum atomic E-state index is 12.7. The Labute approximate surface area is 152 Å². The van der Waals surface area contributed by atoms with Crippen LogP contribution in [0.2, 0.25) is 0 Å². The molecule has 1 fully saturated rings. The lowest BCUT2D eigenvalue weighted by Gasteiger charge is -2.32. The van der Waals surface area contributed by atoms with Gasteiger partial charge < -0.3 is 14.2 Å². The van der Waals surface area contributed by atoms with Gasteiger partial charge in [0.1, 0.15) is 0 Å². The minimum Gasteiger partial charge on any atom is -0.399 e. The molecular weight excluding hydrogens is 313 g/mol. The summed E-state index contributed by atoms with van der Waals surface area (Å²) in [6, 6.07) is 6.44. The van der Waals surface area contributed by atoms with E-state index in [0.717, 1.165) is 5.46 Å². The van der Waals surface area contributed by atoms with Gasteiger partial charge in [-0.2, -0.15) is 0 Å². The molecule has 5 heteroatoms. The third kappa shape index (κ3) is 3.02. The Morgan fingerprint density at radius 3 is 2.24 bits per heavy atom. The molecule has 0 spiro atoms. The maximum Gasteiger partial charge on any atom is 0.494 e. The first-order valence-electron chi connectivity index (χ1n) is 9.13. The van der Waals surface area contributed by atoms with Crippen LogP contribution in [0.25, 0.3) is 0 Å². The molecule has 2 aliphatic rings. The number of hydrogen-bond acceptors (Lipinski definition) is 3. The standard InChI is InChI=1S/C20H30BNO3/c1-13-16-10-9-15(21-24-19(5,6)20(7,8)25-21)11-14(16)12-22(13)17(23)18(2,3)4/h9-11,13H,12H2,1-8H3. The van der Waals surface area contributed by atoms with Gasteiger partial charge in [0.25, 0.3) is 0 Å². The Bertz CT molecular complexity index is 689. The third-order valence-electron chi connectivity index (χ3n) is 5.85. The zero-order chi connectivity index (χ0) is 18.8. The van der Waals surface area contributed by atoms with E-state index in [1.54, 1.807) is 0 Å². The lowest BCUT2D eigenvalue weighted by Crippen LogP contribution is -2.41. The number of carbonyl (C=O) groups is 1. The van der Waals surface area contributed by atoms with Crippen LogP contribution in [0.15, 0.2) is 18.2 Å². The van der Waals surface area contributed by atoms with Crippen LogP contribution in [0.3, 0.4) is 0 Å². The second-order valence-electron chi connectivity index (χ2n) is 9.41. The van der Waals surface area contributed by atoms with Crippen LogP contribution in [-0.4, -0.2) is 29.1 Å². The fourth-order valence-electron chi connectivity index (χ4n) is 3.46. The van der Waals surface area contributed by atoms with E-state index in [9.17, 15) is 4.79 Å². The van der Waals surface area contributed by atoms with E-state index in [1.165, 1.54) is 11.1 Å². The van der Waals surface area contributed by atoms with Crippen molar-refractivity contribution in [1.29, 1.82) is 0 Å². The summed E-state index contributed by atoms with van der Waals surface area (Å²) in [4.78, 5) is 14.7. The first kappa shape index (κ1) is 18.5. The summed E-state index contributed by atoms with van der Waals surface area (Å²) >= 11 is 0. The summed E-state index contributed by atoms with van der Waals surface area (Å²) in [5.41, 5.74) is 2.37. The quantitative estimate of drug-likeness (QED) is 0.734. The summed E-state index contributed by atoms with van der Waals surface area (Å²) in [7, 11) is -0.363. The minimum atomic E-state index is -0.370. The number of nitrogens with zero attached hydrogens (tertiary/aromatic N) is 1. The molecule has 1 amide bonds. The highest BCUT2D eigenvalue weighted by molar-refractivity contribution is 6.62. The summed E-state index contributed by atoms with van der Waals surface area (Å²) in [6.45, 7) is 16.9. The number of benzene rings is 1. The number of amides is 1. The molecule has 1 unspecified atom stereocenters.